The molecule has 3 N–H and O–H groups in total. The Balaban J connectivity index is 1.78. The minimum atomic E-state index is -0.721. The van der Waals surface area contributed by atoms with Crippen molar-refractivity contribution in [2.24, 2.45) is 11.8 Å². The second-order valence-electron chi connectivity index (χ2n) is 6.27. The minimum absolute atomic E-state index is 0.00671. The van der Waals surface area contributed by atoms with E-state index < -0.39 is 12.2 Å². The van der Waals surface area contributed by atoms with Gasteiger partial charge in [-0.05, 0) is 18.3 Å². The van der Waals surface area contributed by atoms with Gasteiger partial charge in [0, 0.05) is 19.1 Å². The van der Waals surface area contributed by atoms with Gasteiger partial charge in [-0.2, -0.15) is 0 Å². The first-order valence-electron chi connectivity index (χ1n) is 7.35. The number of aliphatic hydroxyl groups excluding tert-OH is 2. The van der Waals surface area contributed by atoms with E-state index in [0.717, 1.165) is 6.42 Å². The number of nitrogens with one attached hydrogen (secondary N) is 1. The molecule has 0 aromatic rings. The van der Waals surface area contributed by atoms with Gasteiger partial charge in [-0.25, -0.2) is 0 Å². The molecule has 19 heavy (non-hydrogen) atoms. The number of aliphatic hydroxyl groups is 2. The summed E-state index contributed by atoms with van der Waals surface area (Å²) in [5.41, 5.74) is 0. The molecule has 2 aliphatic rings. The summed E-state index contributed by atoms with van der Waals surface area (Å²) < 4.78 is 0. The van der Waals surface area contributed by atoms with Gasteiger partial charge in [0.2, 0.25) is 5.91 Å². The molecule has 5 heteroatoms. The Morgan fingerprint density at radius 1 is 1.21 bits per heavy atom. The molecule has 1 amide bonds. The van der Waals surface area contributed by atoms with Crippen molar-refractivity contribution in [3.8, 4) is 0 Å². The summed E-state index contributed by atoms with van der Waals surface area (Å²) in [4.78, 5) is 13.8. The Morgan fingerprint density at radius 2 is 1.84 bits per heavy atom. The van der Waals surface area contributed by atoms with Crippen molar-refractivity contribution in [2.75, 3.05) is 19.6 Å². The number of carbonyl (C=O) groups excluding carboxylic acids is 1. The van der Waals surface area contributed by atoms with Gasteiger partial charge in [0.1, 0.15) is 0 Å². The second kappa shape index (κ2) is 6.20. The monoisotopic (exact) mass is 270 g/mol. The summed E-state index contributed by atoms with van der Waals surface area (Å²) in [7, 11) is 0. The van der Waals surface area contributed by atoms with E-state index in [4.69, 9.17) is 0 Å². The Bertz CT molecular complexity index is 314. The first-order valence-corrected chi connectivity index (χ1v) is 7.35. The molecule has 5 nitrogen and oxygen atoms in total. The van der Waals surface area contributed by atoms with Gasteiger partial charge >= 0.3 is 0 Å². The Morgan fingerprint density at radius 3 is 2.47 bits per heavy atom. The maximum atomic E-state index is 12.0. The summed E-state index contributed by atoms with van der Waals surface area (Å²) in [5.74, 6) is 1.19. The normalized spacial score (nSPS) is 40.3. The first-order chi connectivity index (χ1) is 8.97. The van der Waals surface area contributed by atoms with Gasteiger partial charge in [0.15, 0.2) is 0 Å². The number of carbonyl (C=O) groups is 1. The van der Waals surface area contributed by atoms with E-state index in [-0.39, 0.29) is 18.5 Å². The molecule has 1 aliphatic heterocycles. The van der Waals surface area contributed by atoms with Crippen molar-refractivity contribution in [3.63, 3.8) is 0 Å². The predicted molar refractivity (Wildman–Crippen MR) is 72.6 cm³/mol. The lowest BCUT2D eigenvalue weighted by Crippen LogP contribution is -2.47. The molecule has 0 radical (unpaired) electrons. The predicted octanol–water partition coefficient (Wildman–Crippen LogP) is -0.0353. The van der Waals surface area contributed by atoms with Crippen LogP contribution < -0.4 is 5.32 Å². The van der Waals surface area contributed by atoms with E-state index in [0.29, 0.717) is 24.9 Å². The van der Waals surface area contributed by atoms with Gasteiger partial charge in [-0.15, -0.1) is 0 Å². The van der Waals surface area contributed by atoms with Crippen molar-refractivity contribution < 1.29 is 15.0 Å². The molecular formula is C14H26N2O3. The van der Waals surface area contributed by atoms with Gasteiger partial charge in [-0.3, -0.25) is 9.69 Å². The fourth-order valence-electron chi connectivity index (χ4n) is 3.22. The molecule has 0 aromatic heterocycles. The zero-order chi connectivity index (χ0) is 14.0. The van der Waals surface area contributed by atoms with E-state index in [1.165, 1.54) is 12.8 Å². The fraction of sp³-hybridized carbons (Fsp3) is 0.929. The highest BCUT2D eigenvalue weighted by molar-refractivity contribution is 5.78. The van der Waals surface area contributed by atoms with Crippen molar-refractivity contribution in [1.29, 1.82) is 0 Å². The lowest BCUT2D eigenvalue weighted by molar-refractivity contribution is -0.123. The smallest absolute Gasteiger partial charge is 0.234 e. The molecule has 1 saturated carbocycles. The van der Waals surface area contributed by atoms with Gasteiger partial charge in [-0.1, -0.05) is 26.7 Å². The fourth-order valence-corrected chi connectivity index (χ4v) is 3.22. The summed E-state index contributed by atoms with van der Waals surface area (Å²) in [6.07, 6.45) is 2.04. The van der Waals surface area contributed by atoms with Crippen molar-refractivity contribution in [1.82, 2.24) is 10.2 Å². The van der Waals surface area contributed by atoms with Crippen LogP contribution >= 0.6 is 0 Å². The molecule has 1 aliphatic carbocycles. The molecule has 0 bridgehead atoms. The maximum absolute atomic E-state index is 12.0. The lowest BCUT2D eigenvalue weighted by atomic mass is 9.78. The molecule has 5 atom stereocenters. The van der Waals surface area contributed by atoms with Crippen molar-refractivity contribution in [2.45, 2.75) is 51.4 Å². The minimum Gasteiger partial charge on any atom is -0.389 e. The van der Waals surface area contributed by atoms with Crippen LogP contribution in [0, 0.1) is 11.8 Å². The van der Waals surface area contributed by atoms with Crippen LogP contribution in [0.5, 0.6) is 0 Å². The standard InChI is InChI=1S/C14H26N2O3/c1-9-4-3-5-11(10(9)2)15-14(19)8-16-6-12(17)13(18)7-16/h9-13,17-18H,3-8H2,1-2H3,(H,15,19)/t9?,10?,11?,12-,13+. The summed E-state index contributed by atoms with van der Waals surface area (Å²) >= 11 is 0. The van der Waals surface area contributed by atoms with Crippen LogP contribution in [0.3, 0.4) is 0 Å². The molecule has 110 valence electrons. The summed E-state index contributed by atoms with van der Waals surface area (Å²) in [5, 5.41) is 22.0. The van der Waals surface area contributed by atoms with Crippen LogP contribution in [0.2, 0.25) is 0 Å². The number of hydrogen-bond donors (Lipinski definition) is 3. The zero-order valence-electron chi connectivity index (χ0n) is 11.9. The highest BCUT2D eigenvalue weighted by atomic mass is 16.3. The number of likely N-dealkylation sites (tertiary alicyclic amines) is 1. The number of β-amino-alcohol motifs (C(OH)–C–C–N with tert-alkyl or cyclic N) is 2. The average molecular weight is 270 g/mol. The van der Waals surface area contributed by atoms with Crippen LogP contribution in [-0.2, 0) is 4.79 Å². The topological polar surface area (TPSA) is 72.8 Å². The molecule has 1 heterocycles. The lowest BCUT2D eigenvalue weighted by Gasteiger charge is -2.34. The van der Waals surface area contributed by atoms with Gasteiger partial charge in [0.05, 0.1) is 18.8 Å². The van der Waals surface area contributed by atoms with Gasteiger partial charge in [0.25, 0.3) is 0 Å². The second-order valence-corrected chi connectivity index (χ2v) is 6.27. The largest absolute Gasteiger partial charge is 0.389 e. The van der Waals surface area contributed by atoms with Crippen LogP contribution in [0.1, 0.15) is 33.1 Å². The molecule has 2 rings (SSSR count). The van der Waals surface area contributed by atoms with Crippen LogP contribution in [0.15, 0.2) is 0 Å². The number of nitrogens with zero attached hydrogens (tertiary/aromatic N) is 1. The van der Waals surface area contributed by atoms with Crippen LogP contribution in [-0.4, -0.2) is 58.9 Å². The SMILES string of the molecule is CC1CCCC(NC(=O)CN2C[C@@H](O)[C@@H](O)C2)C1C. The molecule has 0 aromatic carbocycles. The number of hydrogen-bond acceptors (Lipinski definition) is 4. The molecule has 3 unspecified atom stereocenters. The van der Waals surface area contributed by atoms with E-state index in [9.17, 15) is 15.0 Å². The third-order valence-corrected chi connectivity index (χ3v) is 4.76. The summed E-state index contributed by atoms with van der Waals surface area (Å²) in [6, 6.07) is 0.272. The van der Waals surface area contributed by atoms with Crippen molar-refractivity contribution >= 4 is 5.91 Å². The van der Waals surface area contributed by atoms with Crippen LogP contribution in [0.25, 0.3) is 0 Å². The van der Waals surface area contributed by atoms with Crippen LogP contribution in [0.4, 0.5) is 0 Å². The molecule has 2 fully saturated rings. The van der Waals surface area contributed by atoms with Gasteiger partial charge < -0.3 is 15.5 Å². The first kappa shape index (κ1) is 14.8. The van der Waals surface area contributed by atoms with E-state index in [1.54, 1.807) is 0 Å². The highest BCUT2D eigenvalue weighted by Crippen LogP contribution is 2.29. The maximum Gasteiger partial charge on any atom is 0.234 e. The van der Waals surface area contributed by atoms with E-state index in [1.807, 2.05) is 4.90 Å². The molecular weight excluding hydrogens is 244 g/mol. The number of amides is 1. The van der Waals surface area contributed by atoms with E-state index in [2.05, 4.69) is 19.2 Å². The van der Waals surface area contributed by atoms with Crippen molar-refractivity contribution in [3.05, 3.63) is 0 Å². The third kappa shape index (κ3) is 3.68. The third-order valence-electron chi connectivity index (χ3n) is 4.76. The molecule has 0 spiro atoms. The Labute approximate surface area is 115 Å². The Kier molecular flexibility index (Phi) is 4.81. The van der Waals surface area contributed by atoms with E-state index >= 15 is 0 Å². The molecule has 1 saturated heterocycles. The Hall–Kier alpha value is -0.650. The number of rotatable bonds is 3. The average Bonchev–Trinajstić information content (AvgIpc) is 2.64. The highest BCUT2D eigenvalue weighted by Gasteiger charge is 2.32. The quantitative estimate of drug-likeness (QED) is 0.673. The summed E-state index contributed by atoms with van der Waals surface area (Å²) in [6.45, 7) is 5.48. The zero-order valence-corrected chi connectivity index (χ0v) is 11.9.